The minimum Gasteiger partial charge on any atom is -0.356 e. The van der Waals surface area contributed by atoms with Gasteiger partial charge in [-0.25, -0.2) is 0 Å². The molecule has 3 N–H and O–H groups in total. The van der Waals surface area contributed by atoms with Crippen LogP contribution in [0.4, 0.5) is 0 Å². The molecule has 1 fully saturated rings. The highest BCUT2D eigenvalue weighted by atomic mass is 127. The number of amides is 1. The van der Waals surface area contributed by atoms with Gasteiger partial charge < -0.3 is 15.6 Å². The topological polar surface area (TPSA) is 62.1 Å². The summed E-state index contributed by atoms with van der Waals surface area (Å²) in [7, 11) is 0. The predicted octanol–water partition coefficient (Wildman–Crippen LogP) is 0.792. The molecule has 0 aliphatic carbocycles. The Kier molecular flexibility index (Phi) is 2.78. The minimum atomic E-state index is 0.0564. The molecule has 0 bridgehead atoms. The maximum atomic E-state index is 11.8. The third kappa shape index (κ3) is 1.93. The molecule has 1 atom stereocenters. The van der Waals surface area contributed by atoms with Crippen LogP contribution < -0.4 is 5.73 Å². The average Bonchev–Trinajstić information content (AvgIpc) is 2.73. The summed E-state index contributed by atoms with van der Waals surface area (Å²) in [6.07, 6.45) is 2.73. The molecule has 1 amide bonds. The van der Waals surface area contributed by atoms with Crippen LogP contribution in [0.15, 0.2) is 12.3 Å². The Balaban J connectivity index is 2.09. The van der Waals surface area contributed by atoms with Gasteiger partial charge in [0.25, 0.3) is 5.91 Å². The van der Waals surface area contributed by atoms with E-state index in [1.807, 2.05) is 12.3 Å². The van der Waals surface area contributed by atoms with Crippen molar-refractivity contribution in [2.45, 2.75) is 12.5 Å². The van der Waals surface area contributed by atoms with E-state index in [2.05, 4.69) is 27.6 Å². The first-order chi connectivity index (χ1) is 6.66. The van der Waals surface area contributed by atoms with E-state index in [-0.39, 0.29) is 11.9 Å². The summed E-state index contributed by atoms with van der Waals surface area (Å²) in [5.74, 6) is 0.0564. The molecule has 0 spiro atoms. The number of aromatic nitrogens is 1. The molecule has 1 aliphatic heterocycles. The maximum Gasteiger partial charge on any atom is 0.270 e. The van der Waals surface area contributed by atoms with Crippen molar-refractivity contribution in [2.24, 2.45) is 5.73 Å². The van der Waals surface area contributed by atoms with Crippen LogP contribution in [-0.2, 0) is 0 Å². The zero-order valence-corrected chi connectivity index (χ0v) is 9.82. The van der Waals surface area contributed by atoms with E-state index in [1.165, 1.54) is 0 Å². The Labute approximate surface area is 96.0 Å². The molecule has 76 valence electrons. The number of hydrogen-bond donors (Lipinski definition) is 2. The molecule has 4 nitrogen and oxygen atoms in total. The van der Waals surface area contributed by atoms with Crippen LogP contribution in [0, 0.1) is 3.57 Å². The van der Waals surface area contributed by atoms with Gasteiger partial charge in [-0.1, -0.05) is 0 Å². The fourth-order valence-corrected chi connectivity index (χ4v) is 2.10. The number of rotatable bonds is 1. The summed E-state index contributed by atoms with van der Waals surface area (Å²) in [6.45, 7) is 1.45. The van der Waals surface area contributed by atoms with E-state index < -0.39 is 0 Å². The summed E-state index contributed by atoms with van der Waals surface area (Å²) < 4.78 is 1.05. The van der Waals surface area contributed by atoms with Crippen molar-refractivity contribution in [1.82, 2.24) is 9.88 Å². The van der Waals surface area contributed by atoms with Crippen molar-refractivity contribution >= 4 is 28.5 Å². The molecular weight excluding hydrogens is 293 g/mol. The van der Waals surface area contributed by atoms with Crippen molar-refractivity contribution in [3.63, 3.8) is 0 Å². The highest BCUT2D eigenvalue weighted by molar-refractivity contribution is 14.1. The first-order valence-corrected chi connectivity index (χ1v) is 5.63. The van der Waals surface area contributed by atoms with E-state index in [1.54, 1.807) is 4.90 Å². The van der Waals surface area contributed by atoms with Crippen molar-refractivity contribution in [1.29, 1.82) is 0 Å². The fraction of sp³-hybridized carbons (Fsp3) is 0.444. The fourth-order valence-electron chi connectivity index (χ4n) is 1.63. The number of H-pyrrole nitrogens is 1. The van der Waals surface area contributed by atoms with Crippen LogP contribution >= 0.6 is 22.6 Å². The van der Waals surface area contributed by atoms with Crippen molar-refractivity contribution < 1.29 is 4.79 Å². The van der Waals surface area contributed by atoms with E-state index in [9.17, 15) is 4.79 Å². The monoisotopic (exact) mass is 305 g/mol. The number of hydrogen-bond acceptors (Lipinski definition) is 2. The largest absolute Gasteiger partial charge is 0.356 e. The van der Waals surface area contributed by atoms with Crippen LogP contribution in [0.25, 0.3) is 0 Å². The van der Waals surface area contributed by atoms with Crippen LogP contribution in [-0.4, -0.2) is 34.9 Å². The Bertz CT molecular complexity index is 350. The van der Waals surface area contributed by atoms with E-state index in [4.69, 9.17) is 5.73 Å². The van der Waals surface area contributed by atoms with Gasteiger partial charge in [0.15, 0.2) is 0 Å². The van der Waals surface area contributed by atoms with Crippen LogP contribution in [0.3, 0.4) is 0 Å². The molecule has 2 heterocycles. The van der Waals surface area contributed by atoms with Crippen molar-refractivity contribution in [3.8, 4) is 0 Å². The molecule has 0 unspecified atom stereocenters. The third-order valence-electron chi connectivity index (χ3n) is 2.39. The van der Waals surface area contributed by atoms with Gasteiger partial charge in [-0.05, 0) is 35.1 Å². The lowest BCUT2D eigenvalue weighted by Crippen LogP contribution is -2.32. The number of nitrogens with two attached hydrogens (primary N) is 1. The molecule has 0 aromatic carbocycles. The van der Waals surface area contributed by atoms with Gasteiger partial charge in [-0.3, -0.25) is 4.79 Å². The molecule has 14 heavy (non-hydrogen) atoms. The molecule has 1 saturated heterocycles. The number of carbonyl (C=O) groups is 1. The predicted molar refractivity (Wildman–Crippen MR) is 62.0 cm³/mol. The van der Waals surface area contributed by atoms with Gasteiger partial charge in [0, 0.05) is 28.9 Å². The highest BCUT2D eigenvalue weighted by Crippen LogP contribution is 2.13. The molecule has 1 aliphatic rings. The third-order valence-corrected chi connectivity index (χ3v) is 3.01. The van der Waals surface area contributed by atoms with E-state index in [0.29, 0.717) is 12.2 Å². The molecule has 2 rings (SSSR count). The summed E-state index contributed by atoms with van der Waals surface area (Å²) in [6, 6.07) is 2.00. The number of carbonyl (C=O) groups excluding carboxylic acids is 1. The average molecular weight is 305 g/mol. The number of nitrogens with one attached hydrogen (secondary N) is 1. The van der Waals surface area contributed by atoms with Crippen molar-refractivity contribution in [3.05, 3.63) is 21.5 Å². The Morgan fingerprint density at radius 2 is 2.50 bits per heavy atom. The second-order valence-electron chi connectivity index (χ2n) is 3.53. The maximum absolute atomic E-state index is 11.8. The Morgan fingerprint density at radius 3 is 3.00 bits per heavy atom. The smallest absolute Gasteiger partial charge is 0.270 e. The molecule has 1 aromatic rings. The zero-order chi connectivity index (χ0) is 10.1. The summed E-state index contributed by atoms with van der Waals surface area (Å²) >= 11 is 2.17. The van der Waals surface area contributed by atoms with Gasteiger partial charge in [0.05, 0.1) is 0 Å². The lowest BCUT2D eigenvalue weighted by Gasteiger charge is -2.14. The Morgan fingerprint density at radius 1 is 1.71 bits per heavy atom. The van der Waals surface area contributed by atoms with E-state index >= 15 is 0 Å². The highest BCUT2D eigenvalue weighted by Gasteiger charge is 2.25. The molecule has 5 heteroatoms. The van der Waals surface area contributed by atoms with Crippen molar-refractivity contribution in [2.75, 3.05) is 13.1 Å². The van der Waals surface area contributed by atoms with E-state index in [0.717, 1.165) is 16.5 Å². The summed E-state index contributed by atoms with van der Waals surface area (Å²) in [5.41, 5.74) is 6.40. The lowest BCUT2D eigenvalue weighted by atomic mass is 10.3. The first kappa shape index (κ1) is 9.97. The van der Waals surface area contributed by atoms with Gasteiger partial charge in [-0.15, -0.1) is 0 Å². The Hall–Kier alpha value is -0.560. The lowest BCUT2D eigenvalue weighted by molar-refractivity contribution is 0.0786. The molecule has 1 aromatic heterocycles. The van der Waals surface area contributed by atoms with Crippen LogP contribution in [0.5, 0.6) is 0 Å². The van der Waals surface area contributed by atoms with Crippen LogP contribution in [0.2, 0.25) is 0 Å². The normalized spacial score (nSPS) is 21.6. The number of halogens is 1. The van der Waals surface area contributed by atoms with Crippen LogP contribution in [0.1, 0.15) is 16.9 Å². The summed E-state index contributed by atoms with van der Waals surface area (Å²) in [5, 5.41) is 0. The second kappa shape index (κ2) is 3.90. The number of nitrogens with zero attached hydrogens (tertiary/aromatic N) is 1. The van der Waals surface area contributed by atoms with Gasteiger partial charge in [-0.2, -0.15) is 0 Å². The minimum absolute atomic E-state index is 0.0564. The number of likely N-dealkylation sites (tertiary alicyclic amines) is 1. The summed E-state index contributed by atoms with van der Waals surface area (Å²) in [4.78, 5) is 16.6. The standard InChI is InChI=1S/C9H12IN3O/c10-6-3-8(12-4-6)9(14)13-2-1-7(11)5-13/h3-4,7,12H,1-2,5,11H2/t7-/m0/s1. The van der Waals surface area contributed by atoms with Gasteiger partial charge in [0.1, 0.15) is 5.69 Å². The van der Waals surface area contributed by atoms with Gasteiger partial charge in [0.2, 0.25) is 0 Å². The second-order valence-corrected chi connectivity index (χ2v) is 4.78. The molecule has 0 saturated carbocycles. The molecule has 0 radical (unpaired) electrons. The zero-order valence-electron chi connectivity index (χ0n) is 7.66. The van der Waals surface area contributed by atoms with Gasteiger partial charge >= 0.3 is 0 Å². The first-order valence-electron chi connectivity index (χ1n) is 4.55. The number of aromatic amines is 1. The SMILES string of the molecule is N[C@H]1CCN(C(=O)c2cc(I)c[nH]2)C1. The quantitative estimate of drug-likeness (QED) is 0.754. The molecular formula is C9H12IN3O.